The van der Waals surface area contributed by atoms with E-state index in [1.54, 1.807) is 41.3 Å². The first-order valence-electron chi connectivity index (χ1n) is 8.18. The molecule has 25 heavy (non-hydrogen) atoms. The van der Waals surface area contributed by atoms with Crippen LogP contribution in [0.5, 0.6) is 0 Å². The molecule has 2 aromatic carbocycles. The topological polar surface area (TPSA) is 49.4 Å². The summed E-state index contributed by atoms with van der Waals surface area (Å²) in [5, 5.41) is 3.59. The van der Waals surface area contributed by atoms with E-state index in [2.05, 4.69) is 17.9 Å². The van der Waals surface area contributed by atoms with Gasteiger partial charge in [-0.3, -0.25) is 9.59 Å². The van der Waals surface area contributed by atoms with Crippen molar-refractivity contribution in [2.24, 2.45) is 0 Å². The Morgan fingerprint density at radius 1 is 1.08 bits per heavy atom. The Morgan fingerprint density at radius 2 is 1.80 bits per heavy atom. The Hall–Kier alpha value is -1.98. The van der Waals surface area contributed by atoms with Crippen molar-refractivity contribution in [1.29, 1.82) is 0 Å². The number of benzene rings is 2. The lowest BCUT2D eigenvalue weighted by Gasteiger charge is -2.32. The largest absolute Gasteiger partial charge is 0.349 e. The summed E-state index contributed by atoms with van der Waals surface area (Å²) in [6.45, 7) is 1.22. The summed E-state index contributed by atoms with van der Waals surface area (Å²) in [6.07, 6.45) is 1.46. The lowest BCUT2D eigenvalue weighted by molar-refractivity contribution is 0.0698. The number of hydrogen-bond acceptors (Lipinski definition) is 3. The summed E-state index contributed by atoms with van der Waals surface area (Å²) >= 11 is 10.3. The van der Waals surface area contributed by atoms with E-state index in [4.69, 9.17) is 11.6 Å². The van der Waals surface area contributed by atoms with Crippen molar-refractivity contribution in [2.75, 3.05) is 13.1 Å². The van der Waals surface area contributed by atoms with Gasteiger partial charge in [0.1, 0.15) is 0 Å². The van der Waals surface area contributed by atoms with Gasteiger partial charge in [-0.1, -0.05) is 29.8 Å². The Labute approximate surface area is 157 Å². The fraction of sp³-hybridized carbons (Fsp3) is 0.263. The molecule has 0 bridgehead atoms. The third kappa shape index (κ3) is 4.35. The number of nitrogens with zero attached hydrogens (tertiary/aromatic N) is 1. The van der Waals surface area contributed by atoms with Gasteiger partial charge in [-0.25, -0.2) is 0 Å². The highest BCUT2D eigenvalue weighted by atomic mass is 35.5. The van der Waals surface area contributed by atoms with Gasteiger partial charge in [0.05, 0.1) is 5.56 Å². The molecule has 0 saturated carbocycles. The third-order valence-corrected chi connectivity index (χ3v) is 4.96. The van der Waals surface area contributed by atoms with E-state index in [9.17, 15) is 9.59 Å². The highest BCUT2D eigenvalue weighted by molar-refractivity contribution is 7.80. The molecular weight excluding hydrogens is 356 g/mol. The first-order chi connectivity index (χ1) is 12.0. The number of piperidine rings is 1. The summed E-state index contributed by atoms with van der Waals surface area (Å²) < 4.78 is 0. The van der Waals surface area contributed by atoms with Gasteiger partial charge in [-0.2, -0.15) is 0 Å². The Morgan fingerprint density at radius 3 is 2.48 bits per heavy atom. The molecule has 130 valence electrons. The number of rotatable bonds is 3. The highest BCUT2D eigenvalue weighted by Gasteiger charge is 2.25. The van der Waals surface area contributed by atoms with Crippen LogP contribution >= 0.6 is 24.2 Å². The van der Waals surface area contributed by atoms with Gasteiger partial charge in [0, 0.05) is 34.6 Å². The molecule has 0 aliphatic carbocycles. The maximum absolute atomic E-state index is 12.5. The van der Waals surface area contributed by atoms with Crippen molar-refractivity contribution < 1.29 is 9.59 Å². The van der Waals surface area contributed by atoms with E-state index in [-0.39, 0.29) is 17.9 Å². The van der Waals surface area contributed by atoms with Crippen molar-refractivity contribution in [2.45, 2.75) is 23.8 Å². The number of likely N-dealkylation sites (tertiary alicyclic amines) is 1. The molecule has 3 rings (SSSR count). The first kappa shape index (κ1) is 17.8. The first-order valence-corrected chi connectivity index (χ1v) is 9.01. The predicted octanol–water partition coefficient (Wildman–Crippen LogP) is 3.66. The van der Waals surface area contributed by atoms with Crippen LogP contribution in [0.15, 0.2) is 53.4 Å². The maximum atomic E-state index is 12.5. The van der Waals surface area contributed by atoms with Crippen LogP contribution in [0.2, 0.25) is 5.02 Å². The summed E-state index contributed by atoms with van der Waals surface area (Å²) in [6, 6.07) is 14.3. The van der Waals surface area contributed by atoms with Crippen LogP contribution < -0.4 is 5.32 Å². The number of hydrogen-bond donors (Lipinski definition) is 2. The maximum Gasteiger partial charge on any atom is 0.253 e. The molecule has 0 unspecified atom stereocenters. The predicted molar refractivity (Wildman–Crippen MR) is 102 cm³/mol. The molecule has 2 aromatic rings. The van der Waals surface area contributed by atoms with Crippen LogP contribution in [-0.4, -0.2) is 35.8 Å². The molecule has 1 N–H and O–H groups in total. The smallest absolute Gasteiger partial charge is 0.253 e. The molecule has 1 aliphatic rings. The molecule has 1 fully saturated rings. The van der Waals surface area contributed by atoms with Gasteiger partial charge >= 0.3 is 0 Å². The molecule has 1 saturated heterocycles. The monoisotopic (exact) mass is 374 g/mol. The summed E-state index contributed by atoms with van der Waals surface area (Å²) in [5.74, 6) is -0.141. The summed E-state index contributed by atoms with van der Waals surface area (Å²) in [7, 11) is 0. The fourth-order valence-electron chi connectivity index (χ4n) is 2.96. The lowest BCUT2D eigenvalue weighted by atomic mass is 10.0. The third-order valence-electron chi connectivity index (χ3n) is 4.34. The molecule has 1 heterocycles. The second kappa shape index (κ2) is 7.93. The van der Waals surface area contributed by atoms with E-state index in [1.165, 1.54) is 0 Å². The molecule has 0 radical (unpaired) electrons. The Balaban J connectivity index is 1.56. The van der Waals surface area contributed by atoms with Gasteiger partial charge in [-0.05, 0) is 43.2 Å². The van der Waals surface area contributed by atoms with Gasteiger partial charge in [-0.15, -0.1) is 12.6 Å². The van der Waals surface area contributed by atoms with Gasteiger partial charge < -0.3 is 10.2 Å². The average Bonchev–Trinajstić information content (AvgIpc) is 2.62. The normalized spacial score (nSPS) is 15.0. The number of thiol groups is 1. The van der Waals surface area contributed by atoms with Crippen LogP contribution in [0.25, 0.3) is 0 Å². The van der Waals surface area contributed by atoms with Crippen molar-refractivity contribution in [3.05, 3.63) is 64.7 Å². The van der Waals surface area contributed by atoms with Crippen LogP contribution in [0.3, 0.4) is 0 Å². The number of carbonyl (C=O) groups excluding carboxylic acids is 2. The molecular formula is C19H19ClN2O2S. The van der Waals surface area contributed by atoms with Crippen molar-refractivity contribution in [3.8, 4) is 0 Å². The van der Waals surface area contributed by atoms with E-state index in [0.29, 0.717) is 34.1 Å². The Kier molecular flexibility index (Phi) is 5.66. The lowest BCUT2D eigenvalue weighted by Crippen LogP contribution is -2.46. The molecule has 0 aromatic heterocycles. The van der Waals surface area contributed by atoms with Crippen LogP contribution in [-0.2, 0) is 0 Å². The van der Waals surface area contributed by atoms with Gasteiger partial charge in [0.2, 0.25) is 0 Å². The highest BCUT2D eigenvalue weighted by Crippen LogP contribution is 2.18. The average molecular weight is 375 g/mol. The number of halogens is 1. The molecule has 4 nitrogen and oxygen atoms in total. The number of carbonyl (C=O) groups is 2. The minimum Gasteiger partial charge on any atom is -0.349 e. The Bertz CT molecular complexity index is 788. The number of amides is 2. The van der Waals surface area contributed by atoms with Crippen molar-refractivity contribution in [1.82, 2.24) is 10.2 Å². The molecule has 6 heteroatoms. The molecule has 2 amide bonds. The summed E-state index contributed by atoms with van der Waals surface area (Å²) in [5.41, 5.74) is 1.17. The second-order valence-electron chi connectivity index (χ2n) is 6.07. The van der Waals surface area contributed by atoms with E-state index in [0.717, 1.165) is 12.8 Å². The van der Waals surface area contributed by atoms with E-state index in [1.807, 2.05) is 12.1 Å². The van der Waals surface area contributed by atoms with Crippen molar-refractivity contribution in [3.63, 3.8) is 0 Å². The second-order valence-corrected chi connectivity index (χ2v) is 6.99. The van der Waals surface area contributed by atoms with Crippen LogP contribution in [0.4, 0.5) is 0 Å². The van der Waals surface area contributed by atoms with Crippen molar-refractivity contribution >= 4 is 36.0 Å². The summed E-state index contributed by atoms with van der Waals surface area (Å²) in [4.78, 5) is 27.3. The van der Waals surface area contributed by atoms with Crippen LogP contribution in [0, 0.1) is 0 Å². The minimum absolute atomic E-state index is 0.0204. The zero-order chi connectivity index (χ0) is 17.8. The van der Waals surface area contributed by atoms with Crippen LogP contribution in [0.1, 0.15) is 33.6 Å². The van der Waals surface area contributed by atoms with E-state index >= 15 is 0 Å². The molecule has 0 spiro atoms. The van der Waals surface area contributed by atoms with Gasteiger partial charge in [0.25, 0.3) is 11.8 Å². The zero-order valence-corrected chi connectivity index (χ0v) is 15.3. The fourth-order valence-corrected chi connectivity index (χ4v) is 3.41. The standard InChI is InChI=1S/C19H19ClN2O2S/c20-14-5-3-4-13(12-14)19(24)22-10-8-15(9-11-22)21-18(23)16-6-1-2-7-17(16)25/h1-7,12,15,25H,8-11H2,(H,21,23). The molecule has 1 aliphatic heterocycles. The zero-order valence-electron chi connectivity index (χ0n) is 13.6. The SMILES string of the molecule is O=C(NC1CCN(C(=O)c2cccc(Cl)c2)CC1)c1ccccc1S. The molecule has 0 atom stereocenters. The van der Waals surface area contributed by atoms with E-state index < -0.39 is 0 Å². The quantitative estimate of drug-likeness (QED) is 0.805. The van der Waals surface area contributed by atoms with Gasteiger partial charge in [0.15, 0.2) is 0 Å². The minimum atomic E-state index is -0.120. The number of nitrogens with one attached hydrogen (secondary N) is 1.